The Morgan fingerprint density at radius 2 is 1.91 bits per heavy atom. The number of nitrogens with zero attached hydrogens (tertiary/aromatic N) is 3. The minimum absolute atomic E-state index is 0.134. The lowest BCUT2D eigenvalue weighted by Gasteiger charge is -2.35. The molecule has 0 unspecified atom stereocenters. The lowest BCUT2D eigenvalue weighted by molar-refractivity contribution is 0.0703. The van der Waals surface area contributed by atoms with E-state index in [9.17, 15) is 14.7 Å². The van der Waals surface area contributed by atoms with Crippen molar-refractivity contribution < 1.29 is 14.7 Å². The number of hydrogen-bond acceptors (Lipinski definition) is 7. The average molecular weight is 455 g/mol. The number of pyridine rings is 1. The first-order valence-electron chi connectivity index (χ1n) is 10.5. The summed E-state index contributed by atoms with van der Waals surface area (Å²) < 4.78 is 0. The zero-order valence-corrected chi connectivity index (χ0v) is 18.6. The summed E-state index contributed by atoms with van der Waals surface area (Å²) in [4.78, 5) is 33.4. The number of aromatic nitrogens is 1. The van der Waals surface area contributed by atoms with Gasteiger partial charge in [0.05, 0.1) is 11.4 Å². The molecular formula is C22H26N6O3S. The molecule has 0 spiro atoms. The second-order valence-electron chi connectivity index (χ2n) is 7.62. The molecule has 5 N–H and O–H groups in total. The smallest absolute Gasteiger partial charge is 0.348 e. The zero-order valence-electron chi connectivity index (χ0n) is 17.8. The number of carbonyl (C=O) groups excluding carboxylic acids is 1. The number of hydrazine groups is 1. The number of benzene rings is 1. The first-order valence-corrected chi connectivity index (χ1v) is 11.4. The number of nitrogens with one attached hydrogen (secondary N) is 2. The van der Waals surface area contributed by atoms with E-state index in [-0.39, 0.29) is 10.9 Å². The van der Waals surface area contributed by atoms with E-state index in [1.807, 2.05) is 36.4 Å². The molecule has 3 aromatic rings. The van der Waals surface area contributed by atoms with Gasteiger partial charge in [0.1, 0.15) is 15.5 Å². The van der Waals surface area contributed by atoms with Crippen molar-refractivity contribution in [1.29, 1.82) is 0 Å². The molecule has 0 aliphatic carbocycles. The molecule has 0 saturated carbocycles. The van der Waals surface area contributed by atoms with Crippen molar-refractivity contribution in [2.45, 2.75) is 19.8 Å². The number of anilines is 3. The molecule has 32 heavy (non-hydrogen) atoms. The number of nitrogen functional groups attached to an aromatic ring is 1. The maximum Gasteiger partial charge on any atom is 0.348 e. The third kappa shape index (κ3) is 4.40. The minimum atomic E-state index is -1.03. The molecule has 1 aliphatic heterocycles. The number of hydrogen-bond donors (Lipinski definition) is 4. The normalized spacial score (nSPS) is 13.9. The number of aromatic carboxylic acids is 1. The van der Waals surface area contributed by atoms with Crippen molar-refractivity contribution in [3.63, 3.8) is 0 Å². The topological polar surface area (TPSA) is 124 Å². The van der Waals surface area contributed by atoms with Crippen LogP contribution in [0.3, 0.4) is 0 Å². The number of rotatable bonds is 6. The predicted octanol–water partition coefficient (Wildman–Crippen LogP) is 3.39. The zero-order chi connectivity index (χ0) is 22.7. The summed E-state index contributed by atoms with van der Waals surface area (Å²) in [6.07, 6.45) is 1.71. The number of thiophene rings is 1. The van der Waals surface area contributed by atoms with E-state index in [2.05, 4.69) is 22.7 Å². The Bertz CT molecular complexity index is 1130. The van der Waals surface area contributed by atoms with E-state index in [0.717, 1.165) is 46.6 Å². The fraction of sp³-hybridized carbons (Fsp3) is 0.318. The van der Waals surface area contributed by atoms with Gasteiger partial charge in [-0.3, -0.25) is 10.9 Å². The average Bonchev–Trinajstić information content (AvgIpc) is 3.15. The first-order chi connectivity index (χ1) is 15.5. The molecule has 0 radical (unpaired) electrons. The standard InChI is InChI=1S/C22H26N6O3S/c1-2-6-14-13-16(24-20-17(14)18(23)19(32-20)21(29)30)27-9-11-28(12-10-27)22(31)26-25-15-7-4-3-5-8-15/h3-5,7-8,13,25H,2,6,9-12,23H2,1H3,(H,26,31)(H,29,30). The van der Waals surface area contributed by atoms with Gasteiger partial charge >= 0.3 is 12.0 Å². The molecule has 1 fully saturated rings. The van der Waals surface area contributed by atoms with Crippen molar-refractivity contribution in [1.82, 2.24) is 15.3 Å². The van der Waals surface area contributed by atoms with Gasteiger partial charge in [0, 0.05) is 31.6 Å². The SMILES string of the molecule is CCCc1cc(N2CCN(C(=O)NNc3ccccc3)CC2)nc2sc(C(=O)O)c(N)c12. The van der Waals surface area contributed by atoms with Gasteiger partial charge in [0.25, 0.3) is 0 Å². The number of aryl methyl sites for hydroxylation is 1. The molecule has 9 nitrogen and oxygen atoms in total. The molecule has 10 heteroatoms. The molecule has 4 rings (SSSR count). The number of urea groups is 1. The van der Waals surface area contributed by atoms with E-state index >= 15 is 0 Å². The highest BCUT2D eigenvalue weighted by molar-refractivity contribution is 7.21. The summed E-state index contributed by atoms with van der Waals surface area (Å²) in [5, 5.41) is 10.2. The Morgan fingerprint density at radius 1 is 1.19 bits per heavy atom. The summed E-state index contributed by atoms with van der Waals surface area (Å²) in [6.45, 7) is 4.45. The molecule has 2 aromatic heterocycles. The maximum absolute atomic E-state index is 12.5. The van der Waals surface area contributed by atoms with E-state index in [1.165, 1.54) is 0 Å². The van der Waals surface area contributed by atoms with E-state index in [4.69, 9.17) is 10.7 Å². The van der Waals surface area contributed by atoms with E-state index < -0.39 is 5.97 Å². The van der Waals surface area contributed by atoms with Crippen LogP contribution in [0, 0.1) is 0 Å². The Morgan fingerprint density at radius 3 is 2.56 bits per heavy atom. The molecule has 2 amide bonds. The highest BCUT2D eigenvalue weighted by atomic mass is 32.1. The summed E-state index contributed by atoms with van der Waals surface area (Å²) in [5.74, 6) is -0.236. The monoisotopic (exact) mass is 454 g/mol. The number of carbonyl (C=O) groups is 2. The predicted molar refractivity (Wildman–Crippen MR) is 127 cm³/mol. The van der Waals surface area contributed by atoms with Crippen molar-refractivity contribution in [3.05, 3.63) is 46.8 Å². The Balaban J connectivity index is 1.46. The van der Waals surface area contributed by atoms with Crippen molar-refractivity contribution in [3.8, 4) is 0 Å². The molecule has 0 atom stereocenters. The van der Waals surface area contributed by atoms with Gasteiger partial charge < -0.3 is 20.6 Å². The number of para-hydroxylation sites is 1. The van der Waals surface area contributed by atoms with Gasteiger partial charge in [0.2, 0.25) is 0 Å². The van der Waals surface area contributed by atoms with E-state index in [0.29, 0.717) is 36.7 Å². The van der Waals surface area contributed by atoms with Crippen LogP contribution in [0.15, 0.2) is 36.4 Å². The first kappa shape index (κ1) is 21.7. The summed E-state index contributed by atoms with van der Waals surface area (Å²) in [6, 6.07) is 11.3. The third-order valence-electron chi connectivity index (χ3n) is 5.46. The molecule has 1 aromatic carbocycles. The Kier molecular flexibility index (Phi) is 6.31. The van der Waals surface area contributed by atoms with Crippen LogP contribution in [0.1, 0.15) is 28.6 Å². The van der Waals surface area contributed by atoms with Gasteiger partial charge in [-0.25, -0.2) is 14.6 Å². The fourth-order valence-electron chi connectivity index (χ4n) is 3.84. The summed E-state index contributed by atoms with van der Waals surface area (Å²) in [7, 11) is 0. The van der Waals surface area contributed by atoms with Crippen molar-refractivity contribution in [2.24, 2.45) is 0 Å². The molecular weight excluding hydrogens is 428 g/mol. The molecule has 1 saturated heterocycles. The number of nitrogens with two attached hydrogens (primary N) is 1. The largest absolute Gasteiger partial charge is 0.477 e. The van der Waals surface area contributed by atoms with Crippen LogP contribution in [0.5, 0.6) is 0 Å². The summed E-state index contributed by atoms with van der Waals surface area (Å²) >= 11 is 1.12. The van der Waals surface area contributed by atoms with Crippen LogP contribution in [0.2, 0.25) is 0 Å². The van der Waals surface area contributed by atoms with Crippen LogP contribution in [-0.4, -0.2) is 53.2 Å². The molecule has 168 valence electrons. The van der Waals surface area contributed by atoms with Crippen LogP contribution in [-0.2, 0) is 6.42 Å². The van der Waals surface area contributed by atoms with Crippen molar-refractivity contribution >= 4 is 50.7 Å². The Labute approximate surface area is 189 Å². The van der Waals surface area contributed by atoms with Gasteiger partial charge in [-0.05, 0) is 30.2 Å². The quantitative estimate of drug-likeness (QED) is 0.421. The second-order valence-corrected chi connectivity index (χ2v) is 8.61. The van der Waals surface area contributed by atoms with Gasteiger partial charge in [0.15, 0.2) is 0 Å². The highest BCUT2D eigenvalue weighted by Crippen LogP contribution is 2.37. The fourth-order valence-corrected chi connectivity index (χ4v) is 4.81. The van der Waals surface area contributed by atoms with Crippen LogP contribution < -0.4 is 21.5 Å². The third-order valence-corrected chi connectivity index (χ3v) is 6.55. The van der Waals surface area contributed by atoms with E-state index in [1.54, 1.807) is 4.90 Å². The molecule has 0 bridgehead atoms. The summed E-state index contributed by atoms with van der Waals surface area (Å²) in [5.41, 5.74) is 13.9. The number of piperazine rings is 1. The molecule has 1 aliphatic rings. The van der Waals surface area contributed by atoms with Crippen LogP contribution in [0.25, 0.3) is 10.2 Å². The van der Waals surface area contributed by atoms with Gasteiger partial charge in [-0.2, -0.15) is 0 Å². The van der Waals surface area contributed by atoms with Crippen LogP contribution in [0.4, 0.5) is 22.0 Å². The lowest BCUT2D eigenvalue weighted by atomic mass is 10.1. The lowest BCUT2D eigenvalue weighted by Crippen LogP contribution is -2.53. The van der Waals surface area contributed by atoms with Crippen LogP contribution >= 0.6 is 11.3 Å². The number of fused-ring (bicyclic) bond motifs is 1. The molecule has 3 heterocycles. The van der Waals surface area contributed by atoms with Gasteiger partial charge in [-0.1, -0.05) is 31.5 Å². The number of carboxylic acids is 1. The highest BCUT2D eigenvalue weighted by Gasteiger charge is 2.25. The van der Waals surface area contributed by atoms with Crippen molar-refractivity contribution in [2.75, 3.05) is 42.2 Å². The minimum Gasteiger partial charge on any atom is -0.477 e. The number of amides is 2. The second kappa shape index (κ2) is 9.31. The maximum atomic E-state index is 12.5. The number of carboxylic acid groups (broad SMARTS) is 1. The Hall–Kier alpha value is -3.53. The van der Waals surface area contributed by atoms with Gasteiger partial charge in [-0.15, -0.1) is 11.3 Å².